The molecule has 3 heterocycles. The van der Waals surface area contributed by atoms with Crippen molar-refractivity contribution in [2.24, 2.45) is 0 Å². The van der Waals surface area contributed by atoms with Gasteiger partial charge in [-0.3, -0.25) is 4.79 Å². The maximum Gasteiger partial charge on any atom is 0.294 e. The molecule has 34 heavy (non-hydrogen) atoms. The molecule has 0 aliphatic carbocycles. The second kappa shape index (κ2) is 9.50. The van der Waals surface area contributed by atoms with E-state index in [2.05, 4.69) is 25.6 Å². The molecule has 0 aliphatic heterocycles. The fourth-order valence-electron chi connectivity index (χ4n) is 3.57. The van der Waals surface area contributed by atoms with E-state index in [1.165, 1.54) is 11.3 Å². The van der Waals surface area contributed by atoms with E-state index in [1.54, 1.807) is 6.07 Å². The number of carbonyl (C=O) groups is 1. The Labute approximate surface area is 203 Å². The van der Waals surface area contributed by atoms with Gasteiger partial charge in [0.15, 0.2) is 6.07 Å². The van der Waals surface area contributed by atoms with Crippen molar-refractivity contribution in [1.82, 2.24) is 15.0 Å². The van der Waals surface area contributed by atoms with Crippen molar-refractivity contribution in [2.45, 2.75) is 6.54 Å². The average molecular weight is 491 g/mol. The van der Waals surface area contributed by atoms with Crippen molar-refractivity contribution in [2.75, 3.05) is 22.4 Å². The smallest absolute Gasteiger partial charge is 0.294 e. The third-order valence-corrected chi connectivity index (χ3v) is 6.14. The second-order valence-electron chi connectivity index (χ2n) is 7.33. The van der Waals surface area contributed by atoms with Gasteiger partial charge in [-0.25, -0.2) is 15.0 Å². The van der Waals surface area contributed by atoms with Gasteiger partial charge in [0.05, 0.1) is 22.5 Å². The molecule has 0 atom stereocenters. The fourth-order valence-corrected chi connectivity index (χ4v) is 4.43. The van der Waals surface area contributed by atoms with Gasteiger partial charge in [0.1, 0.15) is 17.4 Å². The van der Waals surface area contributed by atoms with E-state index >= 15 is 0 Å². The number of nitrogens with one attached hydrogen (secondary N) is 2. The lowest BCUT2D eigenvalue weighted by atomic mass is 10.1. The number of nitrogens with two attached hydrogens (primary N) is 1. The molecule has 5 aromatic rings. The molecule has 170 valence electrons. The molecule has 10 heteroatoms. The predicted molar refractivity (Wildman–Crippen MR) is 137 cm³/mol. The van der Waals surface area contributed by atoms with Crippen LogP contribution >= 0.6 is 22.9 Å². The minimum Gasteiger partial charge on any atom is -0.478 e. The summed E-state index contributed by atoms with van der Waals surface area (Å²) in [5.74, 6) is 0.858. The molecule has 0 radical (unpaired) electrons. The van der Waals surface area contributed by atoms with Crippen molar-refractivity contribution in [3.8, 4) is 5.75 Å². The first-order valence-corrected chi connectivity index (χ1v) is 11.8. The Balaban J connectivity index is 1.42. The van der Waals surface area contributed by atoms with E-state index in [1.807, 2.05) is 60.0 Å². The summed E-state index contributed by atoms with van der Waals surface area (Å²) in [4.78, 5) is 26.1. The van der Waals surface area contributed by atoms with E-state index in [-0.39, 0.29) is 17.7 Å². The lowest BCUT2D eigenvalue weighted by Gasteiger charge is -2.12. The van der Waals surface area contributed by atoms with Gasteiger partial charge in [0, 0.05) is 17.1 Å². The van der Waals surface area contributed by atoms with Crippen LogP contribution in [0.4, 0.5) is 17.3 Å². The summed E-state index contributed by atoms with van der Waals surface area (Å²) in [5, 5.41) is 9.94. The van der Waals surface area contributed by atoms with Crippen LogP contribution in [0.1, 0.15) is 16.3 Å². The Morgan fingerprint density at radius 2 is 1.94 bits per heavy atom. The van der Waals surface area contributed by atoms with Crippen LogP contribution < -0.4 is 21.1 Å². The number of hydrogen-bond donors (Lipinski definition) is 3. The molecular weight excluding hydrogens is 472 g/mol. The summed E-state index contributed by atoms with van der Waals surface area (Å²) in [6, 6.07) is 19.0. The molecule has 0 saturated carbocycles. The van der Waals surface area contributed by atoms with Crippen LogP contribution in [0.2, 0.25) is 0 Å². The molecule has 3 aromatic heterocycles. The van der Waals surface area contributed by atoms with E-state index < -0.39 is 5.91 Å². The molecule has 2 aromatic carbocycles. The summed E-state index contributed by atoms with van der Waals surface area (Å²) in [5.41, 5.74) is 8.26. The number of nitrogens with zero attached hydrogens (tertiary/aromatic N) is 3. The number of pyridine rings is 1. The number of anilines is 3. The summed E-state index contributed by atoms with van der Waals surface area (Å²) in [6.45, 7) is 0.429. The molecule has 4 N–H and O–H groups in total. The molecule has 1 amide bonds. The maximum atomic E-state index is 12.9. The highest BCUT2D eigenvalue weighted by Gasteiger charge is 2.15. The zero-order valence-electron chi connectivity index (χ0n) is 17.8. The van der Waals surface area contributed by atoms with Crippen LogP contribution in [0.15, 0.2) is 66.0 Å². The number of amides is 1. The van der Waals surface area contributed by atoms with Crippen molar-refractivity contribution in [3.05, 3.63) is 77.6 Å². The minimum absolute atomic E-state index is 0.00543. The number of fused-ring (bicyclic) bond motifs is 2. The van der Waals surface area contributed by atoms with Crippen LogP contribution in [0.5, 0.6) is 5.75 Å². The van der Waals surface area contributed by atoms with Gasteiger partial charge in [-0.15, -0.1) is 11.3 Å². The molecule has 0 aliphatic rings. The van der Waals surface area contributed by atoms with Crippen molar-refractivity contribution < 1.29 is 9.53 Å². The highest BCUT2D eigenvalue weighted by atomic mass is 35.5. The number of nitrogen functional groups attached to an aromatic ring is 1. The van der Waals surface area contributed by atoms with Gasteiger partial charge in [-0.05, 0) is 35.0 Å². The third-order valence-electron chi connectivity index (χ3n) is 5.11. The summed E-state index contributed by atoms with van der Waals surface area (Å²) >= 11 is 7.09. The number of thiophene rings is 1. The number of rotatable bonds is 7. The zero-order chi connectivity index (χ0) is 23.5. The van der Waals surface area contributed by atoms with E-state index in [0.717, 1.165) is 26.9 Å². The first kappa shape index (κ1) is 21.9. The highest BCUT2D eigenvalue weighted by Crippen LogP contribution is 2.25. The van der Waals surface area contributed by atoms with Crippen LogP contribution in [-0.2, 0) is 6.54 Å². The SMILES string of the molecule is Nc1nc(C(=O)Nc2cc3ccccc3c(CNc3cccc(OCCl)c3)n2)nc2ccsc12. The number of aromatic nitrogens is 3. The standard InChI is InChI=1S/C24H19ClN6O2S/c25-13-33-16-6-3-5-15(11-16)27-12-19-17-7-2-1-4-14(17)10-20(28-19)30-24(32)23-29-18-8-9-34-21(18)22(26)31-23/h1-11,27H,12-13H2,(H2,26,29,31)(H,28,30,32). The van der Waals surface area contributed by atoms with Crippen LogP contribution in [0, 0.1) is 0 Å². The van der Waals surface area contributed by atoms with Gasteiger partial charge >= 0.3 is 0 Å². The summed E-state index contributed by atoms with van der Waals surface area (Å²) < 4.78 is 6.10. The number of carbonyl (C=O) groups excluding carboxylic acids is 1. The van der Waals surface area contributed by atoms with Crippen LogP contribution in [0.3, 0.4) is 0 Å². The summed E-state index contributed by atoms with van der Waals surface area (Å²) in [6.07, 6.45) is 0. The molecule has 0 unspecified atom stereocenters. The first-order valence-electron chi connectivity index (χ1n) is 10.3. The Bertz CT molecular complexity index is 1510. The van der Waals surface area contributed by atoms with Crippen molar-refractivity contribution in [3.63, 3.8) is 0 Å². The lowest BCUT2D eigenvalue weighted by Crippen LogP contribution is -2.18. The molecule has 0 saturated heterocycles. The largest absolute Gasteiger partial charge is 0.478 e. The van der Waals surface area contributed by atoms with Crippen molar-refractivity contribution in [1.29, 1.82) is 0 Å². The van der Waals surface area contributed by atoms with E-state index in [0.29, 0.717) is 23.6 Å². The summed E-state index contributed by atoms with van der Waals surface area (Å²) in [7, 11) is 0. The number of alkyl halides is 1. The molecule has 0 spiro atoms. The Morgan fingerprint density at radius 1 is 1.06 bits per heavy atom. The average Bonchev–Trinajstić information content (AvgIpc) is 3.32. The van der Waals surface area contributed by atoms with Gasteiger partial charge < -0.3 is 21.1 Å². The van der Waals surface area contributed by atoms with Gasteiger partial charge in [0.2, 0.25) is 5.82 Å². The van der Waals surface area contributed by atoms with Crippen LogP contribution in [-0.4, -0.2) is 26.9 Å². The first-order chi connectivity index (χ1) is 16.6. The normalized spacial score (nSPS) is 11.0. The number of halogens is 1. The Morgan fingerprint density at radius 3 is 2.82 bits per heavy atom. The topological polar surface area (TPSA) is 115 Å². The quantitative estimate of drug-likeness (QED) is 0.266. The molecular formula is C24H19ClN6O2S. The molecule has 5 rings (SSSR count). The third kappa shape index (κ3) is 4.57. The van der Waals surface area contributed by atoms with Crippen LogP contribution in [0.25, 0.3) is 21.0 Å². The zero-order valence-corrected chi connectivity index (χ0v) is 19.4. The fraction of sp³-hybridized carbons (Fsp3) is 0.0833. The minimum atomic E-state index is -0.479. The number of hydrogen-bond acceptors (Lipinski definition) is 8. The Hall–Kier alpha value is -3.95. The van der Waals surface area contributed by atoms with Gasteiger partial charge in [-0.2, -0.15) is 0 Å². The monoisotopic (exact) mass is 490 g/mol. The van der Waals surface area contributed by atoms with E-state index in [4.69, 9.17) is 22.1 Å². The van der Waals surface area contributed by atoms with Gasteiger partial charge in [-0.1, -0.05) is 41.9 Å². The maximum absolute atomic E-state index is 12.9. The molecule has 0 fully saturated rings. The predicted octanol–water partition coefficient (Wildman–Crippen LogP) is 5.26. The lowest BCUT2D eigenvalue weighted by molar-refractivity contribution is 0.101. The number of benzene rings is 2. The molecule has 0 bridgehead atoms. The van der Waals surface area contributed by atoms with Crippen molar-refractivity contribution >= 4 is 67.2 Å². The van der Waals surface area contributed by atoms with E-state index in [9.17, 15) is 4.79 Å². The Kier molecular flexibility index (Phi) is 6.11. The molecule has 8 nitrogen and oxygen atoms in total. The second-order valence-corrected chi connectivity index (χ2v) is 8.47. The highest BCUT2D eigenvalue weighted by molar-refractivity contribution is 7.17. The number of ether oxygens (including phenoxy) is 1. The van der Waals surface area contributed by atoms with Gasteiger partial charge in [0.25, 0.3) is 5.91 Å².